The third kappa shape index (κ3) is 2.77. The zero-order valence-electron chi connectivity index (χ0n) is 10.2. The first kappa shape index (κ1) is 12.4. The lowest BCUT2D eigenvalue weighted by molar-refractivity contribution is 0.100. The lowest BCUT2D eigenvalue weighted by Gasteiger charge is -2.21. The Kier molecular flexibility index (Phi) is 4.36. The molecule has 2 atom stereocenters. The highest BCUT2D eigenvalue weighted by Gasteiger charge is 2.30. The highest BCUT2D eigenvalue weighted by Crippen LogP contribution is 2.35. The normalized spacial score (nSPS) is 19.8. The van der Waals surface area contributed by atoms with Gasteiger partial charge in [0.15, 0.2) is 0 Å². The molecule has 1 heterocycles. The fourth-order valence-corrected chi connectivity index (χ4v) is 2.16. The van der Waals surface area contributed by atoms with Crippen LogP contribution in [0.2, 0.25) is 0 Å². The monoisotopic (exact) mass is 236 g/mol. The van der Waals surface area contributed by atoms with Gasteiger partial charge in [0.1, 0.15) is 5.75 Å². The van der Waals surface area contributed by atoms with Crippen LogP contribution in [0.1, 0.15) is 24.8 Å². The Morgan fingerprint density at radius 3 is 3.12 bits per heavy atom. The fourth-order valence-electron chi connectivity index (χ4n) is 2.16. The van der Waals surface area contributed by atoms with Crippen molar-refractivity contribution in [2.75, 3.05) is 19.8 Å². The number of benzene rings is 1. The summed E-state index contributed by atoms with van der Waals surface area (Å²) in [5.74, 6) is 6.84. The number of fused-ring (bicyclic) bond motifs is 1. The summed E-state index contributed by atoms with van der Waals surface area (Å²) in [6.07, 6.45) is 1.02. The molecule has 4 heteroatoms. The van der Waals surface area contributed by atoms with E-state index in [-0.39, 0.29) is 12.0 Å². The summed E-state index contributed by atoms with van der Waals surface area (Å²) in [7, 11) is 0. The van der Waals surface area contributed by atoms with Crippen molar-refractivity contribution >= 4 is 0 Å². The van der Waals surface area contributed by atoms with Gasteiger partial charge in [0, 0.05) is 18.1 Å². The predicted molar refractivity (Wildman–Crippen MR) is 66.9 cm³/mol. The molecule has 2 rings (SSSR count). The van der Waals surface area contributed by atoms with Crippen molar-refractivity contribution in [3.05, 3.63) is 29.8 Å². The molecule has 0 radical (unpaired) electrons. The molecule has 1 aliphatic rings. The first-order chi connectivity index (χ1) is 8.36. The second-order valence-corrected chi connectivity index (χ2v) is 4.30. The molecular weight excluding hydrogens is 216 g/mol. The summed E-state index contributed by atoms with van der Waals surface area (Å²) in [5, 5.41) is 0. The standard InChI is InChI=1S/C13H20N2O2/c1-2-7-16-9-12(15-14)11-8-17-13-6-4-3-5-10(11)13/h3-6,11-12,15H,2,7-9,14H2,1H3. The molecule has 1 aromatic carbocycles. The van der Waals surface area contributed by atoms with Crippen molar-refractivity contribution in [3.8, 4) is 5.75 Å². The van der Waals surface area contributed by atoms with E-state index in [1.54, 1.807) is 0 Å². The highest BCUT2D eigenvalue weighted by molar-refractivity contribution is 5.40. The van der Waals surface area contributed by atoms with E-state index in [0.29, 0.717) is 13.2 Å². The van der Waals surface area contributed by atoms with E-state index in [1.165, 1.54) is 5.56 Å². The van der Waals surface area contributed by atoms with Gasteiger partial charge in [-0.3, -0.25) is 11.3 Å². The summed E-state index contributed by atoms with van der Waals surface area (Å²) in [6.45, 7) is 4.16. The van der Waals surface area contributed by atoms with E-state index in [9.17, 15) is 0 Å². The van der Waals surface area contributed by atoms with Gasteiger partial charge in [0.25, 0.3) is 0 Å². The number of hydrogen-bond donors (Lipinski definition) is 2. The first-order valence-corrected chi connectivity index (χ1v) is 6.12. The van der Waals surface area contributed by atoms with Crippen LogP contribution in [0.4, 0.5) is 0 Å². The van der Waals surface area contributed by atoms with Crippen LogP contribution in [0.3, 0.4) is 0 Å². The van der Waals surface area contributed by atoms with Gasteiger partial charge in [-0.1, -0.05) is 25.1 Å². The Morgan fingerprint density at radius 1 is 1.53 bits per heavy atom. The zero-order chi connectivity index (χ0) is 12.1. The highest BCUT2D eigenvalue weighted by atomic mass is 16.5. The van der Waals surface area contributed by atoms with Crippen LogP contribution in [0, 0.1) is 0 Å². The molecule has 1 aromatic rings. The topological polar surface area (TPSA) is 56.5 Å². The molecule has 17 heavy (non-hydrogen) atoms. The van der Waals surface area contributed by atoms with E-state index in [0.717, 1.165) is 18.8 Å². The molecule has 0 aliphatic carbocycles. The van der Waals surface area contributed by atoms with Gasteiger partial charge in [0.05, 0.1) is 19.3 Å². The Bertz CT molecular complexity index is 357. The number of ether oxygens (including phenoxy) is 2. The van der Waals surface area contributed by atoms with Crippen LogP contribution >= 0.6 is 0 Å². The largest absolute Gasteiger partial charge is 0.493 e. The summed E-state index contributed by atoms with van der Waals surface area (Å²) in [4.78, 5) is 0. The molecule has 1 aliphatic heterocycles. The summed E-state index contributed by atoms with van der Waals surface area (Å²) < 4.78 is 11.2. The SMILES string of the molecule is CCCOCC(NN)C1COc2ccccc21. The maximum Gasteiger partial charge on any atom is 0.122 e. The lowest BCUT2D eigenvalue weighted by Crippen LogP contribution is -2.43. The van der Waals surface area contributed by atoms with Crippen molar-refractivity contribution in [2.45, 2.75) is 25.3 Å². The van der Waals surface area contributed by atoms with Crippen molar-refractivity contribution < 1.29 is 9.47 Å². The first-order valence-electron chi connectivity index (χ1n) is 6.12. The van der Waals surface area contributed by atoms with Crippen LogP contribution in [0.25, 0.3) is 0 Å². The molecule has 0 amide bonds. The Balaban J connectivity index is 2.01. The molecule has 0 saturated heterocycles. The number of para-hydroxylation sites is 1. The van der Waals surface area contributed by atoms with Crippen molar-refractivity contribution in [3.63, 3.8) is 0 Å². The van der Waals surface area contributed by atoms with Gasteiger partial charge in [-0.15, -0.1) is 0 Å². The van der Waals surface area contributed by atoms with Crippen molar-refractivity contribution in [2.24, 2.45) is 5.84 Å². The minimum Gasteiger partial charge on any atom is -0.493 e. The van der Waals surface area contributed by atoms with Gasteiger partial charge in [-0.05, 0) is 12.5 Å². The number of nitrogens with two attached hydrogens (primary N) is 1. The van der Waals surface area contributed by atoms with Gasteiger partial charge >= 0.3 is 0 Å². The Hall–Kier alpha value is -1.10. The molecule has 0 saturated carbocycles. The maximum absolute atomic E-state index is 5.65. The Morgan fingerprint density at radius 2 is 2.35 bits per heavy atom. The van der Waals surface area contributed by atoms with Crippen molar-refractivity contribution in [1.29, 1.82) is 0 Å². The van der Waals surface area contributed by atoms with Crippen molar-refractivity contribution in [1.82, 2.24) is 5.43 Å². The van der Waals surface area contributed by atoms with Crippen LogP contribution in [-0.4, -0.2) is 25.9 Å². The second kappa shape index (κ2) is 6.00. The molecule has 0 spiro atoms. The summed E-state index contributed by atoms with van der Waals surface area (Å²) in [5.41, 5.74) is 4.06. The average molecular weight is 236 g/mol. The molecule has 0 bridgehead atoms. The molecule has 4 nitrogen and oxygen atoms in total. The lowest BCUT2D eigenvalue weighted by atomic mass is 9.94. The van der Waals surface area contributed by atoms with Gasteiger partial charge in [0.2, 0.25) is 0 Å². The Labute approximate surface area is 102 Å². The molecule has 0 aromatic heterocycles. The van der Waals surface area contributed by atoms with Gasteiger partial charge in [-0.25, -0.2) is 0 Å². The third-order valence-electron chi connectivity index (χ3n) is 3.08. The smallest absolute Gasteiger partial charge is 0.122 e. The zero-order valence-corrected chi connectivity index (χ0v) is 10.2. The van der Waals surface area contributed by atoms with Crippen LogP contribution in [0.5, 0.6) is 5.75 Å². The van der Waals surface area contributed by atoms with Gasteiger partial charge in [-0.2, -0.15) is 0 Å². The minimum atomic E-state index is 0.102. The fraction of sp³-hybridized carbons (Fsp3) is 0.538. The van der Waals surface area contributed by atoms with E-state index in [4.69, 9.17) is 15.3 Å². The van der Waals surface area contributed by atoms with Crippen LogP contribution < -0.4 is 16.0 Å². The number of rotatable bonds is 6. The van der Waals surface area contributed by atoms with E-state index in [2.05, 4.69) is 18.4 Å². The van der Waals surface area contributed by atoms with Crippen LogP contribution in [0.15, 0.2) is 24.3 Å². The van der Waals surface area contributed by atoms with Gasteiger partial charge < -0.3 is 9.47 Å². The van der Waals surface area contributed by atoms with E-state index < -0.39 is 0 Å². The predicted octanol–water partition coefficient (Wildman–Crippen LogP) is 1.42. The number of hydrogen-bond acceptors (Lipinski definition) is 4. The second-order valence-electron chi connectivity index (χ2n) is 4.30. The summed E-state index contributed by atoms with van der Waals surface area (Å²) >= 11 is 0. The third-order valence-corrected chi connectivity index (χ3v) is 3.08. The number of hydrazine groups is 1. The van der Waals surface area contributed by atoms with E-state index >= 15 is 0 Å². The van der Waals surface area contributed by atoms with Crippen LogP contribution in [-0.2, 0) is 4.74 Å². The molecule has 3 N–H and O–H groups in total. The average Bonchev–Trinajstić information content (AvgIpc) is 2.79. The quantitative estimate of drug-likeness (QED) is 0.445. The molecular formula is C13H20N2O2. The molecule has 0 fully saturated rings. The minimum absolute atomic E-state index is 0.102. The maximum atomic E-state index is 5.65. The summed E-state index contributed by atoms with van der Waals surface area (Å²) in [6, 6.07) is 8.21. The number of nitrogens with one attached hydrogen (secondary N) is 1. The molecule has 2 unspecified atom stereocenters. The van der Waals surface area contributed by atoms with E-state index in [1.807, 2.05) is 18.2 Å². The molecule has 94 valence electrons.